The number of ether oxygens (including phenoxy) is 2. The number of β-amino-alcohol motifs (C(OH)–C–C–N with tert-alkyl or cyclic N) is 1. The number of aldehydes is 1. The van der Waals surface area contributed by atoms with Gasteiger partial charge in [0.25, 0.3) is 0 Å². The molecule has 1 heterocycles. The van der Waals surface area contributed by atoms with Crippen LogP contribution in [0.15, 0.2) is 48.5 Å². The minimum absolute atomic E-state index is 0.112. The lowest BCUT2D eigenvalue weighted by Crippen LogP contribution is -2.34. The molecule has 1 aliphatic heterocycles. The van der Waals surface area contributed by atoms with Gasteiger partial charge >= 0.3 is 0 Å². The van der Waals surface area contributed by atoms with Crippen LogP contribution in [0.25, 0.3) is 0 Å². The Morgan fingerprint density at radius 3 is 2.85 bits per heavy atom. The number of nitrogens with zero attached hydrogens (tertiary/aromatic N) is 1. The van der Waals surface area contributed by atoms with Crippen molar-refractivity contribution in [1.29, 1.82) is 0 Å². The minimum atomic E-state index is -0.714. The molecule has 0 amide bonds. The van der Waals surface area contributed by atoms with E-state index in [1.54, 1.807) is 29.3 Å². The van der Waals surface area contributed by atoms with Crippen LogP contribution in [0.1, 0.15) is 5.56 Å². The van der Waals surface area contributed by atoms with Crippen molar-refractivity contribution < 1.29 is 24.2 Å². The number of hydrogen-bond acceptors (Lipinski definition) is 6. The quantitative estimate of drug-likeness (QED) is 0.662. The van der Waals surface area contributed by atoms with E-state index in [2.05, 4.69) is 0 Å². The molecule has 1 saturated heterocycles. The van der Waals surface area contributed by atoms with Gasteiger partial charge in [0, 0.05) is 11.4 Å². The first-order valence-electron chi connectivity index (χ1n) is 8.76. The highest BCUT2D eigenvalue weighted by Crippen LogP contribution is 2.19. The van der Waals surface area contributed by atoms with Gasteiger partial charge in [0.05, 0.1) is 13.1 Å². The fraction of sp³-hybridized carbons (Fsp3) is 0.350. The van der Waals surface area contributed by atoms with Crippen molar-refractivity contribution in [2.75, 3.05) is 26.3 Å². The summed E-state index contributed by atoms with van der Waals surface area (Å²) in [7, 11) is 0. The average molecular weight is 392 g/mol. The van der Waals surface area contributed by atoms with Crippen LogP contribution in [0.3, 0.4) is 0 Å². The van der Waals surface area contributed by atoms with Crippen LogP contribution in [0.5, 0.6) is 11.5 Å². The number of benzene rings is 2. The number of aliphatic hydroxyl groups excluding tert-OH is 1. The van der Waals surface area contributed by atoms with E-state index in [-0.39, 0.29) is 12.7 Å². The van der Waals surface area contributed by atoms with Gasteiger partial charge in [0.15, 0.2) is 0 Å². The van der Waals surface area contributed by atoms with Crippen molar-refractivity contribution in [3.8, 4) is 11.5 Å². The fourth-order valence-corrected chi connectivity index (χ4v) is 2.89. The molecule has 0 aromatic heterocycles. The van der Waals surface area contributed by atoms with E-state index < -0.39 is 6.10 Å². The summed E-state index contributed by atoms with van der Waals surface area (Å²) in [5.41, 5.74) is 0.877. The lowest BCUT2D eigenvalue weighted by atomic mass is 10.1. The van der Waals surface area contributed by atoms with Gasteiger partial charge in [-0.05, 0) is 42.0 Å². The number of aliphatic hydroxyl groups is 1. The molecule has 3 rings (SSSR count). The minimum Gasteiger partial charge on any atom is -0.491 e. The van der Waals surface area contributed by atoms with Crippen LogP contribution in [0, 0.1) is 0 Å². The van der Waals surface area contributed by atoms with E-state index in [4.69, 9.17) is 25.9 Å². The molecule has 7 heteroatoms. The Hall–Kier alpha value is -2.12. The van der Waals surface area contributed by atoms with Crippen molar-refractivity contribution in [2.45, 2.75) is 18.6 Å². The molecule has 2 atom stereocenters. The van der Waals surface area contributed by atoms with Crippen molar-refractivity contribution >= 4 is 17.9 Å². The maximum atomic E-state index is 10.6. The highest BCUT2D eigenvalue weighted by Gasteiger charge is 2.27. The van der Waals surface area contributed by atoms with Crippen molar-refractivity contribution in [3.63, 3.8) is 0 Å². The number of rotatable bonds is 9. The van der Waals surface area contributed by atoms with Crippen molar-refractivity contribution in [2.24, 2.45) is 0 Å². The molecule has 0 radical (unpaired) electrons. The van der Waals surface area contributed by atoms with Crippen LogP contribution < -0.4 is 9.47 Å². The molecule has 0 bridgehead atoms. The standard InChI is InChI=1S/C20H22ClNO5/c21-16-4-6-18(7-5-16)27-20-12-22(26-14-20)11-17(24)13-25-19-3-1-2-15(10-19)8-9-23/h1-7,9-10,17,20,24H,8,11-14H2/t17-,20-/m1/s1. The van der Waals surface area contributed by atoms with Gasteiger partial charge in [-0.15, -0.1) is 0 Å². The van der Waals surface area contributed by atoms with Crippen molar-refractivity contribution in [3.05, 3.63) is 59.1 Å². The number of hydroxylamine groups is 2. The van der Waals surface area contributed by atoms with Crippen molar-refractivity contribution in [1.82, 2.24) is 5.06 Å². The summed E-state index contributed by atoms with van der Waals surface area (Å²) < 4.78 is 11.4. The zero-order valence-corrected chi connectivity index (χ0v) is 15.5. The Labute approximate surface area is 163 Å². The largest absolute Gasteiger partial charge is 0.491 e. The second-order valence-electron chi connectivity index (χ2n) is 6.32. The summed E-state index contributed by atoms with van der Waals surface area (Å²) in [6.45, 7) is 1.42. The van der Waals surface area contributed by atoms with E-state index in [1.807, 2.05) is 24.3 Å². The Balaban J connectivity index is 1.41. The molecular formula is C20H22ClNO5. The topological polar surface area (TPSA) is 68.2 Å². The molecule has 0 aliphatic carbocycles. The first kappa shape index (κ1) is 19.6. The lowest BCUT2D eigenvalue weighted by molar-refractivity contribution is -0.131. The number of carbonyl (C=O) groups is 1. The molecule has 6 nitrogen and oxygen atoms in total. The molecule has 0 spiro atoms. The Kier molecular flexibility index (Phi) is 7.06. The summed E-state index contributed by atoms with van der Waals surface area (Å²) in [5, 5.41) is 12.5. The molecule has 144 valence electrons. The predicted molar refractivity (Wildman–Crippen MR) is 101 cm³/mol. The van der Waals surface area contributed by atoms with Crippen LogP contribution >= 0.6 is 11.6 Å². The predicted octanol–water partition coefficient (Wildman–Crippen LogP) is 2.52. The molecule has 1 N–H and O–H groups in total. The lowest BCUT2D eigenvalue weighted by Gasteiger charge is -2.19. The summed E-state index contributed by atoms with van der Waals surface area (Å²) in [4.78, 5) is 16.1. The number of halogens is 1. The van der Waals surface area contributed by atoms with E-state index >= 15 is 0 Å². The molecular weight excluding hydrogens is 370 g/mol. The Morgan fingerprint density at radius 2 is 2.07 bits per heavy atom. The van der Waals surface area contributed by atoms with Gasteiger partial charge < -0.3 is 19.4 Å². The third-order valence-corrected chi connectivity index (χ3v) is 4.29. The first-order chi connectivity index (χ1) is 13.1. The van der Waals surface area contributed by atoms with Gasteiger partial charge in [-0.1, -0.05) is 23.7 Å². The molecule has 0 unspecified atom stereocenters. The molecule has 0 saturated carbocycles. The number of hydrogen-bond donors (Lipinski definition) is 1. The van der Waals surface area contributed by atoms with E-state index in [9.17, 15) is 9.90 Å². The fourth-order valence-electron chi connectivity index (χ4n) is 2.76. The summed E-state index contributed by atoms with van der Waals surface area (Å²) in [6, 6.07) is 14.4. The molecule has 1 fully saturated rings. The third kappa shape index (κ3) is 6.22. The Bertz CT molecular complexity index is 739. The van der Waals surface area contributed by atoms with Crippen LogP contribution in [0.2, 0.25) is 5.02 Å². The monoisotopic (exact) mass is 391 g/mol. The zero-order valence-electron chi connectivity index (χ0n) is 14.8. The van der Waals surface area contributed by atoms with Gasteiger partial charge in [0.2, 0.25) is 0 Å². The summed E-state index contributed by atoms with van der Waals surface area (Å²) in [6.07, 6.45) is 0.366. The highest BCUT2D eigenvalue weighted by atomic mass is 35.5. The molecule has 2 aromatic carbocycles. The van der Waals surface area contributed by atoms with Crippen LogP contribution in [-0.4, -0.2) is 55.0 Å². The number of carbonyl (C=O) groups excluding carboxylic acids is 1. The zero-order chi connectivity index (χ0) is 19.1. The van der Waals surface area contributed by atoms with E-state index in [0.29, 0.717) is 36.9 Å². The second-order valence-corrected chi connectivity index (χ2v) is 6.76. The normalized spacial score (nSPS) is 18.2. The molecule has 27 heavy (non-hydrogen) atoms. The average Bonchev–Trinajstić information content (AvgIpc) is 3.09. The highest BCUT2D eigenvalue weighted by molar-refractivity contribution is 6.30. The SMILES string of the molecule is O=CCc1cccc(OC[C@H](O)CN2C[C@@H](Oc3ccc(Cl)cc3)CO2)c1. The first-order valence-corrected chi connectivity index (χ1v) is 9.13. The van der Waals surface area contributed by atoms with E-state index in [1.165, 1.54) is 0 Å². The Morgan fingerprint density at radius 1 is 1.26 bits per heavy atom. The maximum Gasteiger partial charge on any atom is 0.139 e. The van der Waals surface area contributed by atoms with Gasteiger partial charge in [-0.2, -0.15) is 5.06 Å². The van der Waals surface area contributed by atoms with Gasteiger partial charge in [-0.25, -0.2) is 0 Å². The van der Waals surface area contributed by atoms with E-state index in [0.717, 1.165) is 17.6 Å². The second kappa shape index (κ2) is 9.71. The van der Waals surface area contributed by atoms with Gasteiger partial charge in [-0.3, -0.25) is 4.84 Å². The smallest absolute Gasteiger partial charge is 0.139 e. The van der Waals surface area contributed by atoms with Gasteiger partial charge in [0.1, 0.15) is 43.2 Å². The third-order valence-electron chi connectivity index (χ3n) is 4.04. The molecule has 2 aromatic rings. The summed E-state index contributed by atoms with van der Waals surface area (Å²) in [5.74, 6) is 1.36. The molecule has 1 aliphatic rings. The van der Waals surface area contributed by atoms with Crippen LogP contribution in [0.4, 0.5) is 0 Å². The maximum absolute atomic E-state index is 10.6. The summed E-state index contributed by atoms with van der Waals surface area (Å²) >= 11 is 5.86. The van der Waals surface area contributed by atoms with Crippen LogP contribution in [-0.2, 0) is 16.1 Å².